The third kappa shape index (κ3) is 3.09. The molecule has 0 aliphatic rings. The van der Waals surface area contributed by atoms with Crippen LogP contribution in [0.3, 0.4) is 0 Å². The van der Waals surface area contributed by atoms with Gasteiger partial charge in [0.1, 0.15) is 11.5 Å². The third-order valence-electron chi connectivity index (χ3n) is 2.66. The summed E-state index contributed by atoms with van der Waals surface area (Å²) in [5.41, 5.74) is -1.13. The molecule has 21 heavy (non-hydrogen) atoms. The van der Waals surface area contributed by atoms with Crippen LogP contribution in [0.15, 0.2) is 36.4 Å². The lowest BCUT2D eigenvalue weighted by molar-refractivity contribution is -0.383. The van der Waals surface area contributed by atoms with E-state index in [0.717, 1.165) is 12.1 Å². The van der Waals surface area contributed by atoms with Crippen LogP contribution in [-0.4, -0.2) is 16.0 Å². The zero-order valence-corrected chi connectivity index (χ0v) is 11.1. The molecule has 0 atom stereocenters. The fourth-order valence-electron chi connectivity index (χ4n) is 1.73. The highest BCUT2D eigenvalue weighted by molar-refractivity contribution is 6.31. The van der Waals surface area contributed by atoms with Crippen molar-refractivity contribution >= 4 is 34.6 Å². The number of hydrogen-bond acceptors (Lipinski definition) is 4. The Kier molecular flexibility index (Phi) is 4.04. The van der Waals surface area contributed by atoms with Crippen LogP contribution in [0.4, 0.5) is 21.5 Å². The lowest BCUT2D eigenvalue weighted by atomic mass is 10.1. The molecule has 2 N–H and O–H groups in total. The second-order valence-corrected chi connectivity index (χ2v) is 4.45. The smallest absolute Gasteiger partial charge is 0.337 e. The molecule has 0 amide bonds. The summed E-state index contributed by atoms with van der Waals surface area (Å²) >= 11 is 5.68. The zero-order valence-electron chi connectivity index (χ0n) is 10.3. The molecule has 0 bridgehead atoms. The van der Waals surface area contributed by atoms with Crippen LogP contribution in [-0.2, 0) is 0 Å². The van der Waals surface area contributed by atoms with Gasteiger partial charge in [0.15, 0.2) is 0 Å². The molecule has 0 radical (unpaired) electrons. The first kappa shape index (κ1) is 14.7. The highest BCUT2D eigenvalue weighted by Crippen LogP contribution is 2.32. The molecule has 0 spiro atoms. The second-order valence-electron chi connectivity index (χ2n) is 4.01. The average molecular weight is 311 g/mol. The van der Waals surface area contributed by atoms with E-state index in [1.165, 1.54) is 24.3 Å². The number of anilines is 2. The van der Waals surface area contributed by atoms with Crippen molar-refractivity contribution in [2.45, 2.75) is 0 Å². The van der Waals surface area contributed by atoms with Crippen molar-refractivity contribution < 1.29 is 19.2 Å². The highest BCUT2D eigenvalue weighted by atomic mass is 35.5. The van der Waals surface area contributed by atoms with Gasteiger partial charge < -0.3 is 10.4 Å². The van der Waals surface area contributed by atoms with E-state index in [0.29, 0.717) is 0 Å². The molecular formula is C13H8ClFN2O4. The Morgan fingerprint density at radius 3 is 2.67 bits per heavy atom. The van der Waals surface area contributed by atoms with Crippen molar-refractivity contribution in [3.8, 4) is 0 Å². The molecule has 2 aromatic carbocycles. The number of carboxylic acids is 1. The van der Waals surface area contributed by atoms with Crippen LogP contribution >= 0.6 is 11.6 Å². The fourth-order valence-corrected chi connectivity index (χ4v) is 1.89. The van der Waals surface area contributed by atoms with Gasteiger partial charge in [-0.2, -0.15) is 0 Å². The average Bonchev–Trinajstić information content (AvgIpc) is 2.42. The van der Waals surface area contributed by atoms with Crippen LogP contribution in [0.25, 0.3) is 0 Å². The van der Waals surface area contributed by atoms with Gasteiger partial charge >= 0.3 is 5.97 Å². The predicted octanol–water partition coefficient (Wildman–Crippen LogP) is 3.83. The largest absolute Gasteiger partial charge is 0.478 e. The molecule has 0 heterocycles. The Labute approximate surface area is 122 Å². The van der Waals surface area contributed by atoms with Gasteiger partial charge in [0.05, 0.1) is 16.2 Å². The number of benzene rings is 2. The molecule has 6 nitrogen and oxygen atoms in total. The minimum atomic E-state index is -1.35. The van der Waals surface area contributed by atoms with E-state index in [-0.39, 0.29) is 27.6 Å². The summed E-state index contributed by atoms with van der Waals surface area (Å²) in [6.07, 6.45) is 0. The number of nitro benzene ring substituents is 1. The molecule has 0 fully saturated rings. The Bertz CT molecular complexity index is 736. The highest BCUT2D eigenvalue weighted by Gasteiger charge is 2.19. The van der Waals surface area contributed by atoms with Gasteiger partial charge in [-0.25, -0.2) is 9.18 Å². The van der Waals surface area contributed by atoms with Gasteiger partial charge in [0.25, 0.3) is 5.69 Å². The fraction of sp³-hybridized carbons (Fsp3) is 0. The van der Waals surface area contributed by atoms with Gasteiger partial charge in [0, 0.05) is 11.1 Å². The summed E-state index contributed by atoms with van der Waals surface area (Å²) in [4.78, 5) is 21.3. The van der Waals surface area contributed by atoms with E-state index < -0.39 is 16.7 Å². The number of nitrogens with one attached hydrogen (secondary N) is 1. The molecule has 0 aliphatic carbocycles. The van der Waals surface area contributed by atoms with Gasteiger partial charge in [-0.15, -0.1) is 0 Å². The zero-order chi connectivity index (χ0) is 15.6. The molecular weight excluding hydrogens is 303 g/mol. The van der Waals surface area contributed by atoms with Gasteiger partial charge in [0.2, 0.25) is 0 Å². The maximum atomic E-state index is 13.8. The summed E-state index contributed by atoms with van der Waals surface area (Å²) in [5, 5.41) is 22.6. The summed E-state index contributed by atoms with van der Waals surface area (Å²) < 4.78 is 13.8. The molecule has 0 aromatic heterocycles. The molecule has 0 saturated heterocycles. The van der Waals surface area contributed by atoms with E-state index in [1.807, 2.05) is 0 Å². The van der Waals surface area contributed by atoms with Crippen molar-refractivity contribution in [3.05, 3.63) is 62.9 Å². The first-order valence-electron chi connectivity index (χ1n) is 5.63. The Morgan fingerprint density at radius 1 is 1.33 bits per heavy atom. The number of carbonyl (C=O) groups is 1. The number of rotatable bonds is 4. The summed E-state index contributed by atoms with van der Waals surface area (Å²) in [6, 6.07) is 7.22. The number of halogens is 2. The number of nitrogens with zero attached hydrogens (tertiary/aromatic N) is 1. The third-order valence-corrected chi connectivity index (χ3v) is 2.90. The van der Waals surface area contributed by atoms with Crippen LogP contribution in [0, 0.1) is 15.9 Å². The lowest BCUT2D eigenvalue weighted by Crippen LogP contribution is -2.06. The van der Waals surface area contributed by atoms with E-state index in [2.05, 4.69) is 5.32 Å². The van der Waals surface area contributed by atoms with Crippen LogP contribution in [0.1, 0.15) is 10.4 Å². The van der Waals surface area contributed by atoms with Crippen molar-refractivity contribution in [2.24, 2.45) is 0 Å². The van der Waals surface area contributed by atoms with Crippen LogP contribution in [0.5, 0.6) is 0 Å². The Morgan fingerprint density at radius 2 is 2.05 bits per heavy atom. The van der Waals surface area contributed by atoms with E-state index in [1.54, 1.807) is 0 Å². The van der Waals surface area contributed by atoms with E-state index in [9.17, 15) is 19.3 Å². The predicted molar refractivity (Wildman–Crippen MR) is 74.7 cm³/mol. The van der Waals surface area contributed by atoms with Crippen molar-refractivity contribution in [2.75, 3.05) is 5.32 Å². The molecule has 108 valence electrons. The minimum absolute atomic E-state index is 0.0583. The lowest BCUT2D eigenvalue weighted by Gasteiger charge is -2.11. The summed E-state index contributed by atoms with van der Waals surface area (Å²) in [5.74, 6) is -2.19. The number of para-hydroxylation sites is 1. The van der Waals surface area contributed by atoms with E-state index in [4.69, 9.17) is 16.7 Å². The maximum absolute atomic E-state index is 13.8. The minimum Gasteiger partial charge on any atom is -0.478 e. The molecule has 0 aliphatic heterocycles. The first-order valence-corrected chi connectivity index (χ1v) is 6.00. The second kappa shape index (κ2) is 5.76. The van der Waals surface area contributed by atoms with Gasteiger partial charge in [-0.05, 0) is 24.3 Å². The molecule has 2 rings (SSSR count). The molecule has 2 aromatic rings. The molecule has 0 unspecified atom stereocenters. The van der Waals surface area contributed by atoms with Crippen molar-refractivity contribution in [1.82, 2.24) is 0 Å². The number of aromatic carboxylic acids is 1. The standard InChI is InChI=1S/C13H8ClFN2O4/c14-7-4-5-10(11(6-7)17(20)21)16-12-8(13(18)19)2-1-3-9(12)15/h1-6,16H,(H,18,19). The van der Waals surface area contributed by atoms with Crippen molar-refractivity contribution in [3.63, 3.8) is 0 Å². The molecule has 8 heteroatoms. The first-order chi connectivity index (χ1) is 9.90. The van der Waals surface area contributed by atoms with Crippen molar-refractivity contribution in [1.29, 1.82) is 0 Å². The topological polar surface area (TPSA) is 92.5 Å². The molecule has 0 saturated carbocycles. The van der Waals surface area contributed by atoms with Gasteiger partial charge in [-0.3, -0.25) is 10.1 Å². The number of nitro groups is 1. The normalized spacial score (nSPS) is 10.2. The number of hydrogen-bond donors (Lipinski definition) is 2. The monoisotopic (exact) mass is 310 g/mol. The SMILES string of the molecule is O=C(O)c1cccc(F)c1Nc1ccc(Cl)cc1[N+](=O)[O-]. The van der Waals surface area contributed by atoms with Crippen LogP contribution < -0.4 is 5.32 Å². The number of carboxylic acid groups (broad SMARTS) is 1. The quantitative estimate of drug-likeness (QED) is 0.661. The Balaban J connectivity index is 2.53. The van der Waals surface area contributed by atoms with E-state index >= 15 is 0 Å². The van der Waals surface area contributed by atoms with Gasteiger partial charge in [-0.1, -0.05) is 17.7 Å². The summed E-state index contributed by atoms with van der Waals surface area (Å²) in [6.45, 7) is 0. The van der Waals surface area contributed by atoms with Crippen LogP contribution in [0.2, 0.25) is 5.02 Å². The maximum Gasteiger partial charge on any atom is 0.337 e. The summed E-state index contributed by atoms with van der Waals surface area (Å²) in [7, 11) is 0. The Hall–Kier alpha value is -2.67.